The number of hydrogen-bond acceptors (Lipinski definition) is 4. The van der Waals surface area contributed by atoms with E-state index in [0.717, 1.165) is 18.9 Å². The Labute approximate surface area is 125 Å². The van der Waals surface area contributed by atoms with Gasteiger partial charge in [0, 0.05) is 19.2 Å². The molecule has 2 rings (SSSR count). The molecule has 0 aliphatic heterocycles. The predicted octanol–water partition coefficient (Wildman–Crippen LogP) is 2.55. The molecule has 1 aliphatic rings. The van der Waals surface area contributed by atoms with E-state index < -0.39 is 21.8 Å². The van der Waals surface area contributed by atoms with Gasteiger partial charge in [0.25, 0.3) is 0 Å². The highest BCUT2D eigenvalue weighted by atomic mass is 79.9. The number of carbonyl (C=O) groups is 1. The van der Waals surface area contributed by atoms with Crippen molar-refractivity contribution in [3.8, 4) is 0 Å². The van der Waals surface area contributed by atoms with Crippen LogP contribution in [0.4, 0.5) is 0 Å². The van der Waals surface area contributed by atoms with E-state index in [1.165, 1.54) is 4.31 Å². The first-order chi connectivity index (χ1) is 9.36. The fraction of sp³-hybridized carbons (Fsp3) is 0.583. The van der Waals surface area contributed by atoms with E-state index in [4.69, 9.17) is 9.52 Å². The Hall–Kier alpha value is -0.860. The Bertz CT molecular complexity index is 605. The van der Waals surface area contributed by atoms with Gasteiger partial charge in [0.05, 0.1) is 0 Å². The van der Waals surface area contributed by atoms with E-state index in [9.17, 15) is 13.2 Å². The minimum absolute atomic E-state index is 0.0631. The van der Waals surface area contributed by atoms with Crippen LogP contribution in [-0.4, -0.2) is 36.9 Å². The van der Waals surface area contributed by atoms with E-state index in [1.807, 2.05) is 6.92 Å². The van der Waals surface area contributed by atoms with Crippen LogP contribution in [0.1, 0.15) is 36.7 Å². The quantitative estimate of drug-likeness (QED) is 0.801. The van der Waals surface area contributed by atoms with Gasteiger partial charge in [-0.2, -0.15) is 4.31 Å². The lowest BCUT2D eigenvalue weighted by molar-refractivity contribution is 0.0661. The Morgan fingerprint density at radius 2 is 2.20 bits per heavy atom. The number of carboxylic acids is 1. The maximum atomic E-state index is 12.6. The summed E-state index contributed by atoms with van der Waals surface area (Å²) in [4.78, 5) is 10.7. The van der Waals surface area contributed by atoms with Crippen LogP contribution in [0.5, 0.6) is 0 Å². The molecule has 0 saturated heterocycles. The molecule has 112 valence electrons. The molecule has 20 heavy (non-hydrogen) atoms. The Kier molecular flexibility index (Phi) is 4.55. The number of furan rings is 1. The SMILES string of the molecule is CCCN(CC1CC1)S(=O)(=O)c1cc(C(=O)O)oc1Br. The normalized spacial score (nSPS) is 15.8. The number of carboxylic acid groups (broad SMARTS) is 1. The number of hydrogen-bond donors (Lipinski definition) is 1. The van der Waals surface area contributed by atoms with E-state index in [0.29, 0.717) is 25.4 Å². The molecule has 0 radical (unpaired) electrons. The fourth-order valence-electron chi connectivity index (χ4n) is 1.92. The molecular weight excluding hydrogens is 350 g/mol. The van der Waals surface area contributed by atoms with Crippen molar-refractivity contribution < 1.29 is 22.7 Å². The van der Waals surface area contributed by atoms with Gasteiger partial charge < -0.3 is 9.52 Å². The maximum Gasteiger partial charge on any atom is 0.371 e. The zero-order valence-electron chi connectivity index (χ0n) is 11.0. The Morgan fingerprint density at radius 1 is 1.55 bits per heavy atom. The third kappa shape index (κ3) is 3.24. The largest absolute Gasteiger partial charge is 0.475 e. The van der Waals surface area contributed by atoms with Gasteiger partial charge in [-0.25, -0.2) is 13.2 Å². The molecule has 1 aromatic rings. The first-order valence-electron chi connectivity index (χ1n) is 6.39. The lowest BCUT2D eigenvalue weighted by Gasteiger charge is -2.20. The summed E-state index contributed by atoms with van der Waals surface area (Å²) in [5.74, 6) is -1.27. The summed E-state index contributed by atoms with van der Waals surface area (Å²) in [6.45, 7) is 2.80. The van der Waals surface area contributed by atoms with Crippen LogP contribution in [-0.2, 0) is 10.0 Å². The summed E-state index contributed by atoms with van der Waals surface area (Å²) in [7, 11) is -3.73. The average Bonchev–Trinajstić information content (AvgIpc) is 3.08. The minimum Gasteiger partial charge on any atom is -0.475 e. The number of rotatable bonds is 7. The second-order valence-corrected chi connectivity index (χ2v) is 7.49. The monoisotopic (exact) mass is 365 g/mol. The summed E-state index contributed by atoms with van der Waals surface area (Å²) < 4.78 is 31.4. The molecule has 1 aliphatic carbocycles. The van der Waals surface area contributed by atoms with Crippen LogP contribution < -0.4 is 0 Å². The lowest BCUT2D eigenvalue weighted by atomic mass is 10.4. The highest BCUT2D eigenvalue weighted by Crippen LogP contribution is 2.34. The van der Waals surface area contributed by atoms with Crippen molar-refractivity contribution in [2.24, 2.45) is 5.92 Å². The summed E-state index contributed by atoms with van der Waals surface area (Å²) in [5.41, 5.74) is 0. The van der Waals surface area contributed by atoms with E-state index >= 15 is 0 Å². The second kappa shape index (κ2) is 5.87. The number of nitrogens with zero attached hydrogens (tertiary/aromatic N) is 1. The molecule has 1 N–H and O–H groups in total. The molecule has 1 fully saturated rings. The molecule has 6 nitrogen and oxygen atoms in total. The number of halogens is 1. The molecule has 0 bridgehead atoms. The van der Waals surface area contributed by atoms with Gasteiger partial charge in [-0.15, -0.1) is 0 Å². The van der Waals surface area contributed by atoms with Crippen molar-refractivity contribution in [1.29, 1.82) is 0 Å². The lowest BCUT2D eigenvalue weighted by Crippen LogP contribution is -2.33. The first-order valence-corrected chi connectivity index (χ1v) is 8.62. The Morgan fingerprint density at radius 3 is 2.65 bits per heavy atom. The molecule has 0 spiro atoms. The molecule has 1 aromatic heterocycles. The summed E-state index contributed by atoms with van der Waals surface area (Å²) in [6, 6.07) is 1.05. The molecule has 1 saturated carbocycles. The van der Waals surface area contributed by atoms with Crippen LogP contribution in [0.25, 0.3) is 0 Å². The number of sulfonamides is 1. The van der Waals surface area contributed by atoms with Crippen LogP contribution in [0.15, 0.2) is 20.0 Å². The van der Waals surface area contributed by atoms with Gasteiger partial charge in [0.2, 0.25) is 15.8 Å². The summed E-state index contributed by atoms with van der Waals surface area (Å²) >= 11 is 2.99. The van der Waals surface area contributed by atoms with E-state index in [1.54, 1.807) is 0 Å². The summed E-state index contributed by atoms with van der Waals surface area (Å²) in [5, 5.41) is 8.86. The van der Waals surface area contributed by atoms with E-state index in [2.05, 4.69) is 15.9 Å². The third-order valence-electron chi connectivity index (χ3n) is 3.12. The molecule has 1 heterocycles. The van der Waals surface area contributed by atoms with Gasteiger partial charge in [-0.1, -0.05) is 6.92 Å². The summed E-state index contributed by atoms with van der Waals surface area (Å²) in [6.07, 6.45) is 2.79. The van der Waals surface area contributed by atoms with Gasteiger partial charge in [-0.3, -0.25) is 0 Å². The van der Waals surface area contributed by atoms with Crippen molar-refractivity contribution >= 4 is 31.9 Å². The van der Waals surface area contributed by atoms with Crippen molar-refractivity contribution in [3.05, 3.63) is 16.5 Å². The van der Waals surface area contributed by atoms with Gasteiger partial charge in [0.15, 0.2) is 4.67 Å². The van der Waals surface area contributed by atoms with Gasteiger partial charge in [-0.05, 0) is 41.1 Å². The molecule has 0 aromatic carbocycles. The molecular formula is C12H16BrNO5S. The molecule has 0 amide bonds. The van der Waals surface area contributed by atoms with Crippen LogP contribution in [0.3, 0.4) is 0 Å². The highest BCUT2D eigenvalue weighted by Gasteiger charge is 2.34. The fourth-order valence-corrected chi connectivity index (χ4v) is 4.43. The van der Waals surface area contributed by atoms with E-state index in [-0.39, 0.29) is 9.56 Å². The first kappa shape index (κ1) is 15.5. The van der Waals surface area contributed by atoms with Crippen molar-refractivity contribution in [1.82, 2.24) is 4.31 Å². The van der Waals surface area contributed by atoms with Crippen molar-refractivity contribution in [2.75, 3.05) is 13.1 Å². The predicted molar refractivity (Wildman–Crippen MR) is 75.1 cm³/mol. The molecule has 0 unspecified atom stereocenters. The van der Waals surface area contributed by atoms with Crippen LogP contribution in [0.2, 0.25) is 0 Å². The maximum absolute atomic E-state index is 12.6. The van der Waals surface area contributed by atoms with Gasteiger partial charge in [0.1, 0.15) is 4.90 Å². The topological polar surface area (TPSA) is 87.8 Å². The van der Waals surface area contributed by atoms with Crippen LogP contribution >= 0.6 is 15.9 Å². The minimum atomic E-state index is -3.73. The van der Waals surface area contributed by atoms with Crippen molar-refractivity contribution in [2.45, 2.75) is 31.1 Å². The third-order valence-corrected chi connectivity index (χ3v) is 5.84. The van der Waals surface area contributed by atoms with Crippen LogP contribution in [0, 0.1) is 5.92 Å². The average molecular weight is 366 g/mol. The zero-order valence-corrected chi connectivity index (χ0v) is 13.4. The zero-order chi connectivity index (χ0) is 14.9. The second-order valence-electron chi connectivity index (χ2n) is 4.86. The molecule has 8 heteroatoms. The molecule has 0 atom stereocenters. The Balaban J connectivity index is 2.33. The smallest absolute Gasteiger partial charge is 0.371 e. The van der Waals surface area contributed by atoms with Gasteiger partial charge >= 0.3 is 5.97 Å². The standard InChI is InChI=1S/C12H16BrNO5S/c1-2-5-14(7-8-3-4-8)20(17,18)10-6-9(12(15)16)19-11(10)13/h6,8H,2-5,7H2,1H3,(H,15,16). The highest BCUT2D eigenvalue weighted by molar-refractivity contribution is 9.10. The van der Waals surface area contributed by atoms with Crippen molar-refractivity contribution in [3.63, 3.8) is 0 Å². The number of aromatic carboxylic acids is 1.